The van der Waals surface area contributed by atoms with Gasteiger partial charge in [0.15, 0.2) is 0 Å². The van der Waals surface area contributed by atoms with Crippen LogP contribution in [0, 0.1) is 6.92 Å². The summed E-state index contributed by atoms with van der Waals surface area (Å²) in [5, 5.41) is 3.09. The predicted octanol–water partition coefficient (Wildman–Crippen LogP) is 1.83. The molecule has 0 radical (unpaired) electrons. The molecule has 0 aliphatic carbocycles. The molecule has 1 aromatic rings. The van der Waals surface area contributed by atoms with E-state index in [4.69, 9.17) is 15.2 Å². The summed E-state index contributed by atoms with van der Waals surface area (Å²) in [7, 11) is 0. The number of amides is 1. The molecule has 1 aromatic carbocycles. The molecule has 0 bridgehead atoms. The molecule has 2 atom stereocenters. The van der Waals surface area contributed by atoms with Crippen LogP contribution < -0.4 is 15.8 Å². The first-order valence-electron chi connectivity index (χ1n) is 7.92. The molecule has 120 valence electrons. The van der Waals surface area contributed by atoms with Gasteiger partial charge in [0.25, 0.3) is 0 Å². The van der Waals surface area contributed by atoms with Gasteiger partial charge in [-0.05, 0) is 19.9 Å². The summed E-state index contributed by atoms with van der Waals surface area (Å²) in [4.78, 5) is 12.1. The zero-order valence-electron chi connectivity index (χ0n) is 13.2. The Morgan fingerprint density at radius 1 is 1.41 bits per heavy atom. The third kappa shape index (κ3) is 2.96. The fourth-order valence-corrected chi connectivity index (χ4v) is 3.27. The standard InChI is InChI=1S/C17H24N2O3/c1-11-3-4-15-13(9-11)14(19-16(20)12(2)18)10-17(22-15)5-7-21-8-6-17/h3-4,9,12,14H,5-8,10,18H2,1-2H3,(H,19,20)/t12-,14+/m1/s1. The molecule has 0 saturated carbocycles. The molecule has 3 rings (SSSR count). The van der Waals surface area contributed by atoms with Crippen LogP contribution in [0.2, 0.25) is 0 Å². The number of carbonyl (C=O) groups is 1. The van der Waals surface area contributed by atoms with Gasteiger partial charge in [-0.25, -0.2) is 0 Å². The van der Waals surface area contributed by atoms with E-state index in [-0.39, 0.29) is 17.6 Å². The first-order chi connectivity index (χ1) is 10.5. The van der Waals surface area contributed by atoms with Gasteiger partial charge in [0, 0.05) is 24.8 Å². The fourth-order valence-electron chi connectivity index (χ4n) is 3.27. The quantitative estimate of drug-likeness (QED) is 0.874. The molecule has 2 aliphatic rings. The van der Waals surface area contributed by atoms with E-state index in [0.29, 0.717) is 13.2 Å². The van der Waals surface area contributed by atoms with Crippen LogP contribution in [0.3, 0.4) is 0 Å². The van der Waals surface area contributed by atoms with Crippen molar-refractivity contribution in [1.82, 2.24) is 5.32 Å². The van der Waals surface area contributed by atoms with Crippen LogP contribution in [-0.4, -0.2) is 30.8 Å². The Kier molecular flexibility index (Phi) is 4.10. The van der Waals surface area contributed by atoms with Gasteiger partial charge < -0.3 is 20.5 Å². The van der Waals surface area contributed by atoms with Crippen molar-refractivity contribution in [3.8, 4) is 5.75 Å². The second-order valence-corrected chi connectivity index (χ2v) is 6.49. The third-order valence-corrected chi connectivity index (χ3v) is 4.58. The second kappa shape index (κ2) is 5.89. The minimum absolute atomic E-state index is 0.0553. The fraction of sp³-hybridized carbons (Fsp3) is 0.588. The van der Waals surface area contributed by atoms with Crippen molar-refractivity contribution in [2.24, 2.45) is 5.73 Å². The lowest BCUT2D eigenvalue weighted by Crippen LogP contribution is -2.50. The number of hydrogen-bond donors (Lipinski definition) is 2. The lowest BCUT2D eigenvalue weighted by molar-refractivity contribution is -0.124. The van der Waals surface area contributed by atoms with Gasteiger partial charge in [0.05, 0.1) is 25.3 Å². The molecule has 1 saturated heterocycles. The Hall–Kier alpha value is -1.59. The zero-order chi connectivity index (χ0) is 15.7. The van der Waals surface area contributed by atoms with Crippen LogP contribution in [0.5, 0.6) is 5.75 Å². The highest BCUT2D eigenvalue weighted by Gasteiger charge is 2.42. The van der Waals surface area contributed by atoms with Crippen molar-refractivity contribution in [3.63, 3.8) is 0 Å². The average molecular weight is 304 g/mol. The molecule has 0 unspecified atom stereocenters. The van der Waals surface area contributed by atoms with Crippen LogP contribution in [-0.2, 0) is 9.53 Å². The SMILES string of the molecule is Cc1ccc2c(c1)[C@@H](NC(=O)[C@@H](C)N)CC1(CCOCC1)O2. The smallest absolute Gasteiger partial charge is 0.237 e. The maximum atomic E-state index is 12.1. The van der Waals surface area contributed by atoms with Gasteiger partial charge >= 0.3 is 0 Å². The summed E-state index contributed by atoms with van der Waals surface area (Å²) >= 11 is 0. The van der Waals surface area contributed by atoms with Crippen molar-refractivity contribution in [2.45, 2.75) is 50.8 Å². The van der Waals surface area contributed by atoms with Gasteiger partial charge in [-0.3, -0.25) is 4.79 Å². The van der Waals surface area contributed by atoms with E-state index in [2.05, 4.69) is 11.4 Å². The normalized spacial score (nSPS) is 24.2. The van der Waals surface area contributed by atoms with Crippen LogP contribution in [0.1, 0.15) is 43.4 Å². The molecule has 1 fully saturated rings. The molecule has 0 aromatic heterocycles. The van der Waals surface area contributed by atoms with Crippen molar-refractivity contribution < 1.29 is 14.3 Å². The van der Waals surface area contributed by atoms with E-state index in [9.17, 15) is 4.79 Å². The van der Waals surface area contributed by atoms with Gasteiger partial charge in [0.1, 0.15) is 11.4 Å². The molecule has 5 heteroatoms. The molecule has 2 heterocycles. The number of nitrogens with one attached hydrogen (secondary N) is 1. The van der Waals surface area contributed by atoms with Crippen molar-refractivity contribution in [2.75, 3.05) is 13.2 Å². The number of fused-ring (bicyclic) bond motifs is 1. The highest BCUT2D eigenvalue weighted by molar-refractivity contribution is 5.81. The molecule has 2 aliphatic heterocycles. The largest absolute Gasteiger partial charge is 0.487 e. The maximum absolute atomic E-state index is 12.1. The number of hydrogen-bond acceptors (Lipinski definition) is 4. The van der Waals surface area contributed by atoms with E-state index in [1.165, 1.54) is 0 Å². The van der Waals surface area contributed by atoms with Crippen LogP contribution in [0.4, 0.5) is 0 Å². The molecule has 3 N–H and O–H groups in total. The lowest BCUT2D eigenvalue weighted by atomic mass is 9.81. The van der Waals surface area contributed by atoms with Gasteiger partial charge in [0.2, 0.25) is 5.91 Å². The Morgan fingerprint density at radius 2 is 2.14 bits per heavy atom. The molecular weight excluding hydrogens is 280 g/mol. The van der Waals surface area contributed by atoms with Crippen LogP contribution >= 0.6 is 0 Å². The topological polar surface area (TPSA) is 73.6 Å². The van der Waals surface area contributed by atoms with Gasteiger partial charge in [-0.15, -0.1) is 0 Å². The molecule has 1 spiro atoms. The Morgan fingerprint density at radius 3 is 2.82 bits per heavy atom. The Bertz CT molecular complexity index is 565. The van der Waals surface area contributed by atoms with Gasteiger partial charge in [-0.2, -0.15) is 0 Å². The summed E-state index contributed by atoms with van der Waals surface area (Å²) in [5.41, 5.74) is 7.67. The second-order valence-electron chi connectivity index (χ2n) is 6.49. The van der Waals surface area contributed by atoms with Crippen LogP contribution in [0.25, 0.3) is 0 Å². The number of rotatable bonds is 2. The van der Waals surface area contributed by atoms with Crippen molar-refractivity contribution >= 4 is 5.91 Å². The monoisotopic (exact) mass is 304 g/mol. The highest BCUT2D eigenvalue weighted by atomic mass is 16.5. The van der Waals surface area contributed by atoms with E-state index in [1.807, 2.05) is 19.1 Å². The van der Waals surface area contributed by atoms with Gasteiger partial charge in [-0.1, -0.05) is 17.7 Å². The minimum atomic E-state index is -0.512. The van der Waals surface area contributed by atoms with E-state index in [0.717, 1.165) is 36.1 Å². The van der Waals surface area contributed by atoms with Crippen LogP contribution in [0.15, 0.2) is 18.2 Å². The third-order valence-electron chi connectivity index (χ3n) is 4.58. The molecule has 22 heavy (non-hydrogen) atoms. The lowest BCUT2D eigenvalue weighted by Gasteiger charge is -2.44. The minimum Gasteiger partial charge on any atom is -0.487 e. The maximum Gasteiger partial charge on any atom is 0.237 e. The molecule has 1 amide bonds. The highest BCUT2D eigenvalue weighted by Crippen LogP contribution is 2.44. The Labute approximate surface area is 131 Å². The summed E-state index contributed by atoms with van der Waals surface area (Å²) < 4.78 is 11.8. The number of aryl methyl sites for hydroxylation is 1. The van der Waals surface area contributed by atoms with Crippen molar-refractivity contribution in [3.05, 3.63) is 29.3 Å². The summed E-state index contributed by atoms with van der Waals surface area (Å²) in [6, 6.07) is 5.57. The molecule has 5 nitrogen and oxygen atoms in total. The first-order valence-corrected chi connectivity index (χ1v) is 7.92. The van der Waals surface area contributed by atoms with Crippen molar-refractivity contribution in [1.29, 1.82) is 0 Å². The molecular formula is C17H24N2O3. The number of carbonyl (C=O) groups excluding carboxylic acids is 1. The predicted molar refractivity (Wildman–Crippen MR) is 83.7 cm³/mol. The van der Waals surface area contributed by atoms with E-state index >= 15 is 0 Å². The zero-order valence-corrected chi connectivity index (χ0v) is 13.2. The first kappa shape index (κ1) is 15.3. The number of ether oxygens (including phenoxy) is 2. The number of nitrogens with two attached hydrogens (primary N) is 1. The van der Waals surface area contributed by atoms with E-state index in [1.54, 1.807) is 6.92 Å². The summed E-state index contributed by atoms with van der Waals surface area (Å²) in [6.07, 6.45) is 2.47. The number of benzene rings is 1. The van der Waals surface area contributed by atoms with E-state index < -0.39 is 6.04 Å². The average Bonchev–Trinajstić information content (AvgIpc) is 2.49. The summed E-state index contributed by atoms with van der Waals surface area (Å²) in [5.74, 6) is 0.746. The Balaban J connectivity index is 1.92. The summed E-state index contributed by atoms with van der Waals surface area (Å²) in [6.45, 7) is 5.16.